The van der Waals surface area contributed by atoms with E-state index in [2.05, 4.69) is 98.9 Å². The van der Waals surface area contributed by atoms with E-state index >= 15 is 0 Å². The van der Waals surface area contributed by atoms with Gasteiger partial charge in [0.1, 0.15) is 13.2 Å². The molecule has 65 heavy (non-hydrogen) atoms. The molecule has 0 aliphatic heterocycles. The van der Waals surface area contributed by atoms with Crippen LogP contribution in [-0.2, 0) is 33.3 Å². The predicted molar refractivity (Wildman–Crippen MR) is 272 cm³/mol. The minimum atomic E-state index is -1.53. The van der Waals surface area contributed by atoms with Crippen molar-refractivity contribution in [3.63, 3.8) is 0 Å². The molecule has 0 rings (SSSR count). The maximum absolute atomic E-state index is 12.8. The van der Waals surface area contributed by atoms with Gasteiger partial charge in [-0.25, -0.2) is 4.79 Å². The molecule has 9 heteroatoms. The van der Waals surface area contributed by atoms with E-state index in [0.29, 0.717) is 17.4 Å². The number of allylic oxidation sites excluding steroid dienone is 14. The summed E-state index contributed by atoms with van der Waals surface area (Å²) in [5.74, 6) is -2.08. The summed E-state index contributed by atoms with van der Waals surface area (Å²) in [5.41, 5.74) is 0. The SMILES string of the molecule is CC/C=C\C/C=C\C/C=C\C/C=C\C/C=C\C/C=C\CCCCC(=O)OC(COC(=O)CCCCCCCCCCC/C=C\CCCCCCCC)COC(OCC[N+](C)(C)C)C(=O)O. The molecule has 2 unspecified atom stereocenters. The number of rotatable bonds is 46. The quantitative estimate of drug-likeness (QED) is 0.0211. The molecule has 2 atom stereocenters. The maximum Gasteiger partial charge on any atom is 0.361 e. The number of carboxylic acids is 1. The van der Waals surface area contributed by atoms with Crippen LogP contribution in [0.2, 0.25) is 0 Å². The van der Waals surface area contributed by atoms with Crippen LogP contribution in [0, 0.1) is 0 Å². The van der Waals surface area contributed by atoms with Gasteiger partial charge < -0.3 is 28.5 Å². The maximum atomic E-state index is 12.8. The number of carboxylic acid groups (broad SMARTS) is 1. The smallest absolute Gasteiger partial charge is 0.361 e. The Morgan fingerprint density at radius 3 is 1.35 bits per heavy atom. The highest BCUT2D eigenvalue weighted by molar-refractivity contribution is 5.71. The van der Waals surface area contributed by atoms with Crippen LogP contribution in [-0.4, -0.2) is 87.4 Å². The van der Waals surface area contributed by atoms with E-state index in [1.807, 2.05) is 21.1 Å². The van der Waals surface area contributed by atoms with Crippen molar-refractivity contribution in [2.24, 2.45) is 0 Å². The molecule has 1 N–H and O–H groups in total. The minimum Gasteiger partial charge on any atom is -0.477 e. The molecule has 0 saturated carbocycles. The van der Waals surface area contributed by atoms with Crippen LogP contribution in [0.25, 0.3) is 0 Å². The molecule has 0 saturated heterocycles. The number of unbranched alkanes of at least 4 members (excludes halogenated alkanes) is 17. The predicted octanol–water partition coefficient (Wildman–Crippen LogP) is 14.4. The number of carbonyl (C=O) groups is 3. The Hall–Kier alpha value is -3.53. The Labute approximate surface area is 398 Å². The Balaban J connectivity index is 4.45. The Morgan fingerprint density at radius 2 is 0.877 bits per heavy atom. The van der Waals surface area contributed by atoms with E-state index < -0.39 is 24.3 Å². The summed E-state index contributed by atoms with van der Waals surface area (Å²) in [5, 5.41) is 9.67. The van der Waals surface area contributed by atoms with Gasteiger partial charge in [0.15, 0.2) is 6.10 Å². The Bertz CT molecular complexity index is 1340. The largest absolute Gasteiger partial charge is 0.477 e. The molecule has 0 aromatic rings. The van der Waals surface area contributed by atoms with Crippen LogP contribution in [0.1, 0.15) is 194 Å². The highest BCUT2D eigenvalue weighted by atomic mass is 16.7. The van der Waals surface area contributed by atoms with Crippen molar-refractivity contribution in [2.75, 3.05) is 47.5 Å². The first-order chi connectivity index (χ1) is 31.6. The Morgan fingerprint density at radius 1 is 0.477 bits per heavy atom. The molecule has 0 spiro atoms. The van der Waals surface area contributed by atoms with Gasteiger partial charge in [0.25, 0.3) is 6.29 Å². The average Bonchev–Trinajstić information content (AvgIpc) is 3.27. The molecule has 0 aliphatic carbocycles. The van der Waals surface area contributed by atoms with Gasteiger partial charge in [0, 0.05) is 12.8 Å². The number of hydrogen-bond donors (Lipinski definition) is 1. The fourth-order valence-corrected chi connectivity index (χ4v) is 6.66. The molecule has 0 aliphatic rings. The van der Waals surface area contributed by atoms with Crippen LogP contribution >= 0.6 is 0 Å². The number of nitrogens with zero attached hydrogens (tertiary/aromatic N) is 1. The van der Waals surface area contributed by atoms with E-state index in [1.54, 1.807) is 0 Å². The third kappa shape index (κ3) is 48.2. The highest BCUT2D eigenvalue weighted by Gasteiger charge is 2.25. The summed E-state index contributed by atoms with van der Waals surface area (Å²) in [6.45, 7) is 4.69. The number of quaternary nitrogens is 1. The van der Waals surface area contributed by atoms with Crippen molar-refractivity contribution in [3.05, 3.63) is 85.1 Å². The molecule has 0 aromatic heterocycles. The molecule has 0 bridgehead atoms. The van der Waals surface area contributed by atoms with Gasteiger partial charge in [-0.05, 0) is 89.9 Å². The van der Waals surface area contributed by atoms with E-state index in [1.165, 1.54) is 89.9 Å². The van der Waals surface area contributed by atoms with Gasteiger partial charge in [-0.3, -0.25) is 9.59 Å². The van der Waals surface area contributed by atoms with Crippen LogP contribution in [0.5, 0.6) is 0 Å². The zero-order valence-corrected chi connectivity index (χ0v) is 42.1. The van der Waals surface area contributed by atoms with Crippen LogP contribution < -0.4 is 0 Å². The molecular weight excluding hydrogens is 815 g/mol. The third-order valence-corrected chi connectivity index (χ3v) is 10.6. The molecule has 9 nitrogen and oxygen atoms in total. The molecule has 0 heterocycles. The molecule has 0 fully saturated rings. The number of likely N-dealkylation sites (N-methyl/N-ethyl adjacent to an activating group) is 1. The van der Waals surface area contributed by atoms with E-state index in [0.717, 1.165) is 70.6 Å². The first kappa shape index (κ1) is 61.5. The number of esters is 2. The average molecular weight is 911 g/mol. The summed E-state index contributed by atoms with van der Waals surface area (Å²) in [6, 6.07) is 0. The molecule has 0 amide bonds. The van der Waals surface area contributed by atoms with Crippen molar-refractivity contribution in [2.45, 2.75) is 206 Å². The molecule has 0 radical (unpaired) electrons. The third-order valence-electron chi connectivity index (χ3n) is 10.6. The van der Waals surface area contributed by atoms with Gasteiger partial charge in [0.05, 0.1) is 34.4 Å². The van der Waals surface area contributed by atoms with Crippen LogP contribution in [0.15, 0.2) is 85.1 Å². The number of carbonyl (C=O) groups excluding carboxylic acids is 2. The second-order valence-electron chi connectivity index (χ2n) is 18.1. The second-order valence-corrected chi connectivity index (χ2v) is 18.1. The van der Waals surface area contributed by atoms with E-state index in [4.69, 9.17) is 18.9 Å². The highest BCUT2D eigenvalue weighted by Crippen LogP contribution is 2.14. The number of hydrogen-bond acceptors (Lipinski definition) is 7. The monoisotopic (exact) mass is 911 g/mol. The lowest BCUT2D eigenvalue weighted by Crippen LogP contribution is -2.40. The summed E-state index contributed by atoms with van der Waals surface area (Å²) >= 11 is 0. The molecule has 372 valence electrons. The van der Waals surface area contributed by atoms with Gasteiger partial charge in [-0.15, -0.1) is 0 Å². The van der Waals surface area contributed by atoms with Crippen molar-refractivity contribution < 1.29 is 42.9 Å². The number of ether oxygens (including phenoxy) is 4. The lowest BCUT2D eigenvalue weighted by atomic mass is 10.1. The molecular formula is C56H96NO8+. The molecule has 0 aromatic carbocycles. The normalized spacial score (nSPS) is 13.6. The van der Waals surface area contributed by atoms with E-state index in [9.17, 15) is 19.5 Å². The summed E-state index contributed by atoms with van der Waals surface area (Å²) in [4.78, 5) is 37.3. The number of aliphatic carboxylic acids is 1. The van der Waals surface area contributed by atoms with Crippen molar-refractivity contribution in [1.29, 1.82) is 0 Å². The Kier molecular flexibility index (Phi) is 44.4. The van der Waals surface area contributed by atoms with Crippen molar-refractivity contribution in [1.82, 2.24) is 0 Å². The fraction of sp³-hybridized carbons (Fsp3) is 0.696. The second kappa shape index (κ2) is 47.0. The van der Waals surface area contributed by atoms with Gasteiger partial charge >= 0.3 is 17.9 Å². The van der Waals surface area contributed by atoms with Crippen molar-refractivity contribution in [3.8, 4) is 0 Å². The van der Waals surface area contributed by atoms with E-state index in [-0.39, 0.29) is 38.6 Å². The fourth-order valence-electron chi connectivity index (χ4n) is 6.66. The zero-order chi connectivity index (χ0) is 47.7. The summed E-state index contributed by atoms with van der Waals surface area (Å²) in [6.07, 6.45) is 57.9. The lowest BCUT2D eigenvalue weighted by Gasteiger charge is -2.25. The topological polar surface area (TPSA) is 108 Å². The van der Waals surface area contributed by atoms with Gasteiger partial charge in [0.2, 0.25) is 0 Å². The minimum absolute atomic E-state index is 0.175. The summed E-state index contributed by atoms with van der Waals surface area (Å²) < 4.78 is 22.8. The zero-order valence-electron chi connectivity index (χ0n) is 42.1. The van der Waals surface area contributed by atoms with Crippen LogP contribution in [0.3, 0.4) is 0 Å². The first-order valence-corrected chi connectivity index (χ1v) is 25.8. The van der Waals surface area contributed by atoms with Gasteiger partial charge in [-0.1, -0.05) is 176 Å². The first-order valence-electron chi connectivity index (χ1n) is 25.8. The van der Waals surface area contributed by atoms with Gasteiger partial charge in [-0.2, -0.15) is 0 Å². The standard InChI is InChI=1S/C56H95NO8/c1-6-8-10-12-14-16-18-20-22-24-26-27-29-31-33-35-37-39-41-43-45-47-54(59)65-52(51-64-56(55(60)61)62-49-48-57(3,4)5)50-63-53(58)46-44-42-40-38-36-34-32-30-28-25-23-21-19-17-15-13-11-9-7-2/h8,10,14,16,20-23,26-27,31,33,37,39,52,56H,6-7,9,11-13,15,17-19,24-25,28-30,32,34-36,38,40-51H2,1-5H3/p+1/b10-8-,16-14-,22-20-,23-21-,27-26-,33-31-,39-37-. The van der Waals surface area contributed by atoms with Crippen LogP contribution in [0.4, 0.5) is 0 Å². The van der Waals surface area contributed by atoms with Crippen molar-refractivity contribution >= 4 is 17.9 Å². The summed E-state index contributed by atoms with van der Waals surface area (Å²) in [7, 11) is 5.94. The lowest BCUT2D eigenvalue weighted by molar-refractivity contribution is -0.870.